The highest BCUT2D eigenvalue weighted by atomic mass is 16.5. The van der Waals surface area contributed by atoms with Gasteiger partial charge in [-0.1, -0.05) is 35.9 Å². The first-order valence-corrected chi connectivity index (χ1v) is 6.55. The molecule has 0 aliphatic heterocycles. The third kappa shape index (κ3) is 4.65. The molecular formula is C16H19N3O. The van der Waals surface area contributed by atoms with E-state index in [1.165, 1.54) is 5.56 Å². The van der Waals surface area contributed by atoms with Gasteiger partial charge < -0.3 is 15.8 Å². The molecule has 2 rings (SSSR count). The molecule has 0 saturated carbocycles. The molecule has 0 heterocycles. The van der Waals surface area contributed by atoms with Gasteiger partial charge >= 0.3 is 0 Å². The molecule has 20 heavy (non-hydrogen) atoms. The standard InChI is InChI=1S/C16H19N3O/c1-13-7-9-14(10-8-13)19-16(17)18-11-12-20-15-5-3-2-4-6-15/h2-10H,11-12H2,1H3,(H3,17,18,19). The average Bonchev–Trinajstić information content (AvgIpc) is 2.47. The zero-order chi connectivity index (χ0) is 14.2. The molecule has 104 valence electrons. The molecular weight excluding hydrogens is 250 g/mol. The first kappa shape index (κ1) is 13.9. The van der Waals surface area contributed by atoms with Gasteiger partial charge in [0.25, 0.3) is 0 Å². The monoisotopic (exact) mass is 269 g/mol. The number of aliphatic imine (C=N–C) groups is 1. The highest BCUT2D eigenvalue weighted by Gasteiger charge is 1.95. The summed E-state index contributed by atoms with van der Waals surface area (Å²) in [5.41, 5.74) is 7.95. The molecule has 3 N–H and O–H groups in total. The van der Waals surface area contributed by atoms with Gasteiger partial charge in [0.05, 0.1) is 6.54 Å². The lowest BCUT2D eigenvalue weighted by molar-refractivity contribution is 0.329. The van der Waals surface area contributed by atoms with E-state index in [0.29, 0.717) is 19.1 Å². The summed E-state index contributed by atoms with van der Waals surface area (Å²) < 4.78 is 5.53. The second kappa shape index (κ2) is 7.19. The summed E-state index contributed by atoms with van der Waals surface area (Å²) in [5.74, 6) is 1.23. The van der Waals surface area contributed by atoms with Crippen molar-refractivity contribution in [3.63, 3.8) is 0 Å². The molecule has 2 aromatic rings. The number of anilines is 1. The highest BCUT2D eigenvalue weighted by molar-refractivity contribution is 5.92. The third-order valence-electron chi connectivity index (χ3n) is 2.71. The molecule has 0 bridgehead atoms. The second-order valence-corrected chi connectivity index (χ2v) is 4.42. The summed E-state index contributed by atoms with van der Waals surface area (Å²) in [6.07, 6.45) is 0. The van der Waals surface area contributed by atoms with Gasteiger partial charge in [0.15, 0.2) is 5.96 Å². The summed E-state index contributed by atoms with van der Waals surface area (Å²) in [7, 11) is 0. The maximum absolute atomic E-state index is 5.81. The first-order valence-electron chi connectivity index (χ1n) is 6.55. The molecule has 0 aliphatic carbocycles. The van der Waals surface area contributed by atoms with Crippen LogP contribution >= 0.6 is 0 Å². The van der Waals surface area contributed by atoms with E-state index in [2.05, 4.69) is 10.3 Å². The number of nitrogens with zero attached hydrogens (tertiary/aromatic N) is 1. The summed E-state index contributed by atoms with van der Waals surface area (Å²) >= 11 is 0. The molecule has 0 radical (unpaired) electrons. The Kier molecular flexibility index (Phi) is 5.00. The van der Waals surface area contributed by atoms with Crippen LogP contribution in [-0.2, 0) is 0 Å². The van der Waals surface area contributed by atoms with Crippen LogP contribution in [0.15, 0.2) is 59.6 Å². The minimum absolute atomic E-state index is 0.394. The van der Waals surface area contributed by atoms with E-state index >= 15 is 0 Å². The number of hydrogen-bond acceptors (Lipinski definition) is 2. The minimum atomic E-state index is 0.394. The Hall–Kier alpha value is -2.49. The van der Waals surface area contributed by atoms with Crippen LogP contribution in [0.1, 0.15) is 5.56 Å². The van der Waals surface area contributed by atoms with Crippen LogP contribution in [0.25, 0.3) is 0 Å². The van der Waals surface area contributed by atoms with Crippen molar-refractivity contribution >= 4 is 11.6 Å². The van der Waals surface area contributed by atoms with Crippen molar-refractivity contribution in [1.29, 1.82) is 0 Å². The fourth-order valence-electron chi connectivity index (χ4n) is 1.67. The normalized spacial score (nSPS) is 11.2. The number of guanidine groups is 1. The first-order chi connectivity index (χ1) is 9.74. The molecule has 0 saturated heterocycles. The van der Waals surface area contributed by atoms with Gasteiger partial charge in [0, 0.05) is 5.69 Å². The number of hydrogen-bond donors (Lipinski definition) is 2. The Balaban J connectivity index is 1.75. The molecule has 2 aromatic carbocycles. The Labute approximate surface area is 119 Å². The molecule has 0 unspecified atom stereocenters. The third-order valence-corrected chi connectivity index (χ3v) is 2.71. The van der Waals surface area contributed by atoms with Crippen molar-refractivity contribution in [3.05, 3.63) is 60.2 Å². The van der Waals surface area contributed by atoms with Gasteiger partial charge in [0.2, 0.25) is 0 Å². The Morgan fingerprint density at radius 1 is 1.10 bits per heavy atom. The molecule has 0 amide bonds. The topological polar surface area (TPSA) is 59.6 Å². The Morgan fingerprint density at radius 3 is 2.50 bits per heavy atom. The fraction of sp³-hybridized carbons (Fsp3) is 0.188. The molecule has 0 atom stereocenters. The van der Waals surface area contributed by atoms with E-state index in [-0.39, 0.29) is 0 Å². The Bertz CT molecular complexity index is 550. The zero-order valence-corrected chi connectivity index (χ0v) is 11.5. The number of para-hydroxylation sites is 1. The second-order valence-electron chi connectivity index (χ2n) is 4.42. The van der Waals surface area contributed by atoms with Crippen LogP contribution < -0.4 is 15.8 Å². The fourth-order valence-corrected chi connectivity index (χ4v) is 1.67. The Morgan fingerprint density at radius 2 is 1.80 bits per heavy atom. The van der Waals surface area contributed by atoms with Crippen LogP contribution in [0, 0.1) is 6.92 Å². The number of benzene rings is 2. The summed E-state index contributed by atoms with van der Waals surface area (Å²) in [4.78, 5) is 4.22. The van der Waals surface area contributed by atoms with Gasteiger partial charge in [-0.3, -0.25) is 0 Å². The largest absolute Gasteiger partial charge is 0.492 e. The van der Waals surface area contributed by atoms with E-state index in [1.807, 2.05) is 61.5 Å². The van der Waals surface area contributed by atoms with Crippen molar-refractivity contribution in [1.82, 2.24) is 0 Å². The highest BCUT2D eigenvalue weighted by Crippen LogP contribution is 2.08. The quantitative estimate of drug-likeness (QED) is 0.498. The molecule has 0 fully saturated rings. The van der Waals surface area contributed by atoms with Gasteiger partial charge in [-0.05, 0) is 31.2 Å². The SMILES string of the molecule is Cc1ccc(NC(N)=NCCOc2ccccc2)cc1. The summed E-state index contributed by atoms with van der Waals surface area (Å²) in [5, 5.41) is 3.04. The number of ether oxygens (including phenoxy) is 1. The predicted molar refractivity (Wildman–Crippen MR) is 83.2 cm³/mol. The van der Waals surface area contributed by atoms with Crippen molar-refractivity contribution in [2.75, 3.05) is 18.5 Å². The van der Waals surface area contributed by atoms with Gasteiger partial charge in [-0.25, -0.2) is 4.99 Å². The number of nitrogens with one attached hydrogen (secondary N) is 1. The molecule has 4 heteroatoms. The maximum atomic E-state index is 5.81. The van der Waals surface area contributed by atoms with Crippen molar-refractivity contribution < 1.29 is 4.74 Å². The van der Waals surface area contributed by atoms with E-state index in [1.54, 1.807) is 0 Å². The van der Waals surface area contributed by atoms with E-state index < -0.39 is 0 Å². The van der Waals surface area contributed by atoms with Crippen LogP contribution in [0.4, 0.5) is 5.69 Å². The lowest BCUT2D eigenvalue weighted by atomic mass is 10.2. The van der Waals surface area contributed by atoms with Crippen LogP contribution in [0.3, 0.4) is 0 Å². The maximum Gasteiger partial charge on any atom is 0.193 e. The predicted octanol–water partition coefficient (Wildman–Crippen LogP) is 2.80. The van der Waals surface area contributed by atoms with Crippen LogP contribution in [0.2, 0.25) is 0 Å². The van der Waals surface area contributed by atoms with Crippen molar-refractivity contribution in [3.8, 4) is 5.75 Å². The van der Waals surface area contributed by atoms with Crippen molar-refractivity contribution in [2.45, 2.75) is 6.92 Å². The van der Waals surface area contributed by atoms with Gasteiger partial charge in [-0.2, -0.15) is 0 Å². The smallest absolute Gasteiger partial charge is 0.193 e. The van der Waals surface area contributed by atoms with Gasteiger partial charge in [0.1, 0.15) is 12.4 Å². The van der Waals surface area contributed by atoms with E-state index in [9.17, 15) is 0 Å². The average molecular weight is 269 g/mol. The lowest BCUT2D eigenvalue weighted by Gasteiger charge is -2.07. The molecule has 0 aromatic heterocycles. The van der Waals surface area contributed by atoms with Crippen LogP contribution in [-0.4, -0.2) is 19.1 Å². The van der Waals surface area contributed by atoms with Crippen molar-refractivity contribution in [2.24, 2.45) is 10.7 Å². The number of rotatable bonds is 5. The van der Waals surface area contributed by atoms with E-state index in [4.69, 9.17) is 10.5 Å². The molecule has 4 nitrogen and oxygen atoms in total. The van der Waals surface area contributed by atoms with E-state index in [0.717, 1.165) is 11.4 Å². The van der Waals surface area contributed by atoms with Crippen LogP contribution in [0.5, 0.6) is 5.75 Å². The number of nitrogens with two attached hydrogens (primary N) is 1. The molecule has 0 spiro atoms. The molecule has 0 aliphatic rings. The zero-order valence-electron chi connectivity index (χ0n) is 11.5. The minimum Gasteiger partial charge on any atom is -0.492 e. The summed E-state index contributed by atoms with van der Waals surface area (Å²) in [6.45, 7) is 3.06. The lowest BCUT2D eigenvalue weighted by Crippen LogP contribution is -2.23. The summed E-state index contributed by atoms with van der Waals surface area (Å²) in [6, 6.07) is 17.6. The number of aryl methyl sites for hydroxylation is 1. The van der Waals surface area contributed by atoms with Gasteiger partial charge in [-0.15, -0.1) is 0 Å².